The van der Waals surface area contributed by atoms with E-state index in [1.54, 1.807) is 0 Å². The van der Waals surface area contributed by atoms with Crippen molar-refractivity contribution in [3.63, 3.8) is 0 Å². The first-order chi connectivity index (χ1) is 11.3. The molecular weight excluding hydrogens is 358 g/mol. The number of phenolic OH excluding ortho intramolecular Hbond substituents is 2. The molecule has 0 radical (unpaired) electrons. The summed E-state index contributed by atoms with van der Waals surface area (Å²) in [5.41, 5.74) is 6.23. The maximum Gasteiger partial charge on any atom is 0.420 e. The Bertz CT molecular complexity index is 750. The van der Waals surface area contributed by atoms with Crippen LogP contribution in [0.5, 0.6) is 23.0 Å². The lowest BCUT2D eigenvalue weighted by Gasteiger charge is -2.18. The van der Waals surface area contributed by atoms with Crippen LogP contribution < -0.4 is 16.2 Å². The first-order valence-corrected chi connectivity index (χ1v) is 6.38. The van der Waals surface area contributed by atoms with Gasteiger partial charge in [-0.2, -0.15) is 26.3 Å². The van der Waals surface area contributed by atoms with E-state index in [1.165, 1.54) is 0 Å². The van der Waals surface area contributed by atoms with Gasteiger partial charge in [-0.25, -0.2) is 0 Å². The third kappa shape index (κ3) is 3.75. The van der Waals surface area contributed by atoms with Crippen molar-refractivity contribution in [1.82, 2.24) is 0 Å². The van der Waals surface area contributed by atoms with Crippen LogP contribution in [0.3, 0.4) is 0 Å². The third-order valence-electron chi connectivity index (χ3n) is 3.09. The number of nitrogen functional groups attached to an aromatic ring is 2. The van der Waals surface area contributed by atoms with E-state index in [1.807, 2.05) is 0 Å². The minimum atomic E-state index is -5.05. The van der Waals surface area contributed by atoms with Gasteiger partial charge in [0.05, 0.1) is 11.4 Å². The van der Waals surface area contributed by atoms with E-state index in [-0.39, 0.29) is 6.07 Å². The predicted octanol–water partition coefficient (Wildman–Crippen LogP) is 4.09. The van der Waals surface area contributed by atoms with Crippen molar-refractivity contribution < 1.29 is 41.3 Å². The average Bonchev–Trinajstić information content (AvgIpc) is 2.43. The molecule has 6 N–H and O–H groups in total. The quantitative estimate of drug-likeness (QED) is 0.363. The molecule has 0 unspecified atom stereocenters. The summed E-state index contributed by atoms with van der Waals surface area (Å²) in [6, 6.07) is 1.49. The normalized spacial score (nSPS) is 12.2. The van der Waals surface area contributed by atoms with Gasteiger partial charge in [-0.15, -0.1) is 0 Å². The van der Waals surface area contributed by atoms with E-state index in [2.05, 4.69) is 0 Å². The van der Waals surface area contributed by atoms with Crippen LogP contribution >= 0.6 is 0 Å². The van der Waals surface area contributed by atoms with Gasteiger partial charge >= 0.3 is 12.4 Å². The molecule has 0 aliphatic carbocycles. The number of hydrogen-bond acceptors (Lipinski definition) is 5. The highest BCUT2D eigenvalue weighted by atomic mass is 19.4. The van der Waals surface area contributed by atoms with Crippen molar-refractivity contribution in [2.75, 3.05) is 11.5 Å². The molecule has 0 heterocycles. The van der Waals surface area contributed by atoms with Gasteiger partial charge in [0.2, 0.25) is 0 Å². The molecule has 2 aromatic carbocycles. The van der Waals surface area contributed by atoms with E-state index in [0.717, 1.165) is 0 Å². The predicted molar refractivity (Wildman–Crippen MR) is 75.1 cm³/mol. The Hall–Kier alpha value is -2.98. The summed E-state index contributed by atoms with van der Waals surface area (Å²) in [6.07, 6.45) is -10.1. The van der Waals surface area contributed by atoms with Crippen LogP contribution in [-0.2, 0) is 12.4 Å². The molecule has 0 atom stereocenters. The summed E-state index contributed by atoms with van der Waals surface area (Å²) < 4.78 is 82.9. The van der Waals surface area contributed by atoms with Crippen molar-refractivity contribution in [3.8, 4) is 23.0 Å². The lowest BCUT2D eigenvalue weighted by Crippen LogP contribution is -2.11. The van der Waals surface area contributed by atoms with Crippen LogP contribution in [0.2, 0.25) is 0 Å². The number of nitrogens with two attached hydrogens (primary N) is 2. The summed E-state index contributed by atoms with van der Waals surface area (Å²) in [7, 11) is 0. The number of anilines is 2. The van der Waals surface area contributed by atoms with E-state index < -0.39 is 57.9 Å². The van der Waals surface area contributed by atoms with Crippen molar-refractivity contribution in [3.05, 3.63) is 35.4 Å². The zero-order valence-electron chi connectivity index (χ0n) is 12.0. The Kier molecular flexibility index (Phi) is 4.28. The summed E-state index contributed by atoms with van der Waals surface area (Å²) in [5.74, 6) is -3.94. The molecule has 2 rings (SSSR count). The first kappa shape index (κ1) is 18.4. The second-order valence-electron chi connectivity index (χ2n) is 4.91. The summed E-state index contributed by atoms with van der Waals surface area (Å²) in [5, 5.41) is 18.7. The largest absolute Gasteiger partial charge is 0.506 e. The first-order valence-electron chi connectivity index (χ1n) is 6.38. The molecule has 0 aliphatic rings. The number of benzene rings is 2. The van der Waals surface area contributed by atoms with Crippen LogP contribution in [0.25, 0.3) is 0 Å². The van der Waals surface area contributed by atoms with Crippen LogP contribution in [-0.4, -0.2) is 10.2 Å². The molecule has 5 nitrogen and oxygen atoms in total. The standard InChI is InChI=1S/C14H10F6N2O3/c15-13(16,17)5-1-7(21)10(24)4-12(5)25-11-3-8(22)9(23)2-6(11)14(18,19)20/h1-4,23-24H,21-22H2. The molecule has 0 amide bonds. The number of hydrogen-bond donors (Lipinski definition) is 4. The van der Waals surface area contributed by atoms with Crippen molar-refractivity contribution in [2.24, 2.45) is 0 Å². The fourth-order valence-corrected chi connectivity index (χ4v) is 1.90. The highest BCUT2D eigenvalue weighted by Crippen LogP contribution is 2.46. The number of halogens is 6. The molecule has 0 saturated carbocycles. The number of phenols is 2. The fraction of sp³-hybridized carbons (Fsp3) is 0.143. The molecule has 0 saturated heterocycles. The van der Waals surface area contributed by atoms with E-state index in [9.17, 15) is 36.6 Å². The van der Waals surface area contributed by atoms with Crippen LogP contribution in [0.15, 0.2) is 24.3 Å². The summed E-state index contributed by atoms with van der Waals surface area (Å²) in [6.45, 7) is 0. The minimum absolute atomic E-state index is 0.217. The Balaban J connectivity index is 2.65. The smallest absolute Gasteiger partial charge is 0.420 e. The van der Waals surface area contributed by atoms with Gasteiger partial charge in [0.25, 0.3) is 0 Å². The second-order valence-corrected chi connectivity index (χ2v) is 4.91. The van der Waals surface area contributed by atoms with Gasteiger partial charge in [-0.05, 0) is 12.1 Å². The molecular formula is C14H10F6N2O3. The third-order valence-corrected chi connectivity index (χ3v) is 3.09. The fourth-order valence-electron chi connectivity index (χ4n) is 1.90. The summed E-state index contributed by atoms with van der Waals surface area (Å²) in [4.78, 5) is 0. The monoisotopic (exact) mass is 368 g/mol. The zero-order valence-corrected chi connectivity index (χ0v) is 12.0. The Morgan fingerprint density at radius 1 is 0.680 bits per heavy atom. The zero-order chi connectivity index (χ0) is 19.2. The van der Waals surface area contributed by atoms with Gasteiger partial charge in [0.15, 0.2) is 0 Å². The van der Waals surface area contributed by atoms with Gasteiger partial charge in [0.1, 0.15) is 34.1 Å². The van der Waals surface area contributed by atoms with Gasteiger partial charge < -0.3 is 26.4 Å². The topological polar surface area (TPSA) is 102 Å². The lowest BCUT2D eigenvalue weighted by molar-refractivity contribution is -0.139. The molecule has 0 aliphatic heterocycles. The van der Waals surface area contributed by atoms with Crippen LogP contribution in [0, 0.1) is 0 Å². The maximum absolute atomic E-state index is 13.0. The van der Waals surface area contributed by atoms with E-state index in [4.69, 9.17) is 16.2 Å². The summed E-state index contributed by atoms with van der Waals surface area (Å²) >= 11 is 0. The van der Waals surface area contributed by atoms with Crippen molar-refractivity contribution >= 4 is 11.4 Å². The van der Waals surface area contributed by atoms with Crippen molar-refractivity contribution in [2.45, 2.75) is 12.4 Å². The molecule has 0 bridgehead atoms. The highest BCUT2D eigenvalue weighted by Gasteiger charge is 2.38. The minimum Gasteiger partial charge on any atom is -0.506 e. The SMILES string of the molecule is Nc1cc(C(F)(F)F)c(Oc2cc(N)c(O)cc2C(F)(F)F)cc1O. The highest BCUT2D eigenvalue weighted by molar-refractivity contribution is 5.63. The van der Waals surface area contributed by atoms with Gasteiger partial charge in [0, 0.05) is 12.1 Å². The maximum atomic E-state index is 13.0. The molecule has 0 spiro atoms. The number of ether oxygens (including phenoxy) is 1. The van der Waals surface area contributed by atoms with Gasteiger partial charge in [-0.3, -0.25) is 0 Å². The molecule has 0 fully saturated rings. The number of alkyl halides is 6. The van der Waals surface area contributed by atoms with E-state index in [0.29, 0.717) is 18.2 Å². The molecule has 11 heteroatoms. The van der Waals surface area contributed by atoms with Crippen molar-refractivity contribution in [1.29, 1.82) is 0 Å². The van der Waals surface area contributed by atoms with Crippen LogP contribution in [0.4, 0.5) is 37.7 Å². The Morgan fingerprint density at radius 2 is 1.08 bits per heavy atom. The Morgan fingerprint density at radius 3 is 1.60 bits per heavy atom. The van der Waals surface area contributed by atoms with Gasteiger partial charge in [-0.1, -0.05) is 0 Å². The second kappa shape index (κ2) is 5.83. The average molecular weight is 368 g/mol. The molecule has 25 heavy (non-hydrogen) atoms. The lowest BCUT2D eigenvalue weighted by atomic mass is 10.1. The van der Waals surface area contributed by atoms with Crippen LogP contribution in [0.1, 0.15) is 11.1 Å². The van der Waals surface area contributed by atoms with E-state index >= 15 is 0 Å². The number of rotatable bonds is 2. The molecule has 136 valence electrons. The molecule has 0 aromatic heterocycles. The Labute approximate surface area is 136 Å². The number of aromatic hydroxyl groups is 2. The molecule has 2 aromatic rings.